The SMILES string of the molecule is CNC[C@H]1O[C@H](O[C@H]2[C@H](O)[C@@H](O[C@H]3O[C@H](CO)[C@@H](O)[C@H](NC)[C@H]3O)[C@H](N)C[C@@H]2N)[C@H](N)[C@@H](O)[C@@H]1O. The van der Waals surface area contributed by atoms with Crippen LogP contribution in [-0.2, 0) is 18.9 Å². The van der Waals surface area contributed by atoms with E-state index in [9.17, 15) is 30.6 Å². The van der Waals surface area contributed by atoms with Crippen molar-refractivity contribution in [1.82, 2.24) is 10.6 Å². The Kier molecular flexibility index (Phi) is 10.2. The van der Waals surface area contributed by atoms with Gasteiger partial charge in [0.2, 0.25) is 0 Å². The average molecular weight is 512 g/mol. The van der Waals surface area contributed by atoms with Crippen LogP contribution in [-0.4, -0.2) is 150 Å². The van der Waals surface area contributed by atoms with Crippen LogP contribution in [0.5, 0.6) is 0 Å². The zero-order valence-electron chi connectivity index (χ0n) is 19.8. The Labute approximate surface area is 203 Å². The Hall–Kier alpha value is -0.600. The number of rotatable bonds is 8. The second kappa shape index (κ2) is 12.3. The number of nitrogens with two attached hydrogens (primary N) is 3. The van der Waals surface area contributed by atoms with E-state index in [1.807, 2.05) is 0 Å². The molecule has 14 N–H and O–H groups in total. The molecule has 35 heavy (non-hydrogen) atoms. The van der Waals surface area contributed by atoms with Crippen LogP contribution >= 0.6 is 0 Å². The molecule has 0 unspecified atom stereocenters. The highest BCUT2D eigenvalue weighted by Crippen LogP contribution is 2.31. The van der Waals surface area contributed by atoms with Crippen LogP contribution < -0.4 is 27.8 Å². The summed E-state index contributed by atoms with van der Waals surface area (Å²) >= 11 is 0. The summed E-state index contributed by atoms with van der Waals surface area (Å²) in [6.45, 7) is -0.317. The predicted octanol–water partition coefficient (Wildman–Crippen LogP) is -6.80. The van der Waals surface area contributed by atoms with E-state index in [1.54, 1.807) is 7.05 Å². The monoisotopic (exact) mass is 511 g/mol. The first-order chi connectivity index (χ1) is 16.5. The largest absolute Gasteiger partial charge is 0.394 e. The second-order valence-electron chi connectivity index (χ2n) is 9.44. The van der Waals surface area contributed by atoms with Crippen LogP contribution in [0.2, 0.25) is 0 Å². The summed E-state index contributed by atoms with van der Waals surface area (Å²) in [4.78, 5) is 0. The van der Waals surface area contributed by atoms with E-state index < -0.39 is 98.3 Å². The maximum atomic E-state index is 11.1. The van der Waals surface area contributed by atoms with Gasteiger partial charge in [0.05, 0.1) is 18.7 Å². The Morgan fingerprint density at radius 2 is 1.34 bits per heavy atom. The van der Waals surface area contributed by atoms with E-state index >= 15 is 0 Å². The van der Waals surface area contributed by atoms with Gasteiger partial charge in [0.15, 0.2) is 12.6 Å². The van der Waals surface area contributed by atoms with E-state index in [0.29, 0.717) is 0 Å². The topological polar surface area (TPSA) is 260 Å². The van der Waals surface area contributed by atoms with Crippen molar-refractivity contribution in [1.29, 1.82) is 0 Å². The normalized spacial score (nSPS) is 51.3. The minimum Gasteiger partial charge on any atom is -0.394 e. The molecular weight excluding hydrogens is 470 g/mol. The first kappa shape index (κ1) is 29.0. The van der Waals surface area contributed by atoms with Crippen molar-refractivity contribution in [2.45, 2.75) is 98.1 Å². The van der Waals surface area contributed by atoms with Gasteiger partial charge in [-0.15, -0.1) is 0 Å². The van der Waals surface area contributed by atoms with E-state index in [0.717, 1.165) is 0 Å². The zero-order valence-corrected chi connectivity index (χ0v) is 19.8. The van der Waals surface area contributed by atoms with Crippen molar-refractivity contribution in [2.24, 2.45) is 17.2 Å². The lowest BCUT2D eigenvalue weighted by atomic mass is 9.84. The molecule has 2 saturated heterocycles. The number of aliphatic hydroxyl groups excluding tert-OH is 6. The fourth-order valence-electron chi connectivity index (χ4n) is 4.93. The molecule has 0 spiro atoms. The van der Waals surface area contributed by atoms with E-state index in [2.05, 4.69) is 10.6 Å². The van der Waals surface area contributed by atoms with Gasteiger partial charge in [0.25, 0.3) is 0 Å². The fourth-order valence-corrected chi connectivity index (χ4v) is 4.93. The molecule has 0 radical (unpaired) electrons. The fraction of sp³-hybridized carbons (Fsp3) is 1.00. The van der Waals surface area contributed by atoms with Gasteiger partial charge in [0, 0.05) is 18.6 Å². The van der Waals surface area contributed by atoms with Crippen LogP contribution in [0.3, 0.4) is 0 Å². The quantitative estimate of drug-likeness (QED) is 0.145. The third kappa shape index (κ3) is 5.95. The third-order valence-electron chi connectivity index (χ3n) is 7.02. The molecule has 3 aliphatic rings. The van der Waals surface area contributed by atoms with Gasteiger partial charge in [-0.25, -0.2) is 0 Å². The van der Waals surface area contributed by atoms with Gasteiger partial charge in [-0.2, -0.15) is 0 Å². The van der Waals surface area contributed by atoms with Crippen molar-refractivity contribution < 1.29 is 49.6 Å². The highest BCUT2D eigenvalue weighted by molar-refractivity contribution is 5.02. The number of likely N-dealkylation sites (N-methyl/N-ethyl adjacent to an activating group) is 2. The lowest BCUT2D eigenvalue weighted by Gasteiger charge is -2.48. The van der Waals surface area contributed by atoms with Crippen molar-refractivity contribution >= 4 is 0 Å². The molecule has 0 bridgehead atoms. The molecule has 1 saturated carbocycles. The van der Waals surface area contributed by atoms with Crippen molar-refractivity contribution in [3.05, 3.63) is 0 Å². The minimum atomic E-state index is -1.42. The second-order valence-corrected chi connectivity index (χ2v) is 9.44. The lowest BCUT2D eigenvalue weighted by molar-refractivity contribution is -0.320. The molecule has 0 amide bonds. The molecule has 1 aliphatic carbocycles. The number of hydrogen-bond donors (Lipinski definition) is 11. The molecule has 3 fully saturated rings. The van der Waals surface area contributed by atoms with Crippen LogP contribution in [0.25, 0.3) is 0 Å². The first-order valence-electron chi connectivity index (χ1n) is 11.8. The Balaban J connectivity index is 1.73. The summed E-state index contributed by atoms with van der Waals surface area (Å²) < 4.78 is 23.0. The summed E-state index contributed by atoms with van der Waals surface area (Å²) in [7, 11) is 3.18. The standard InChI is InChI=1S/C20H41N5O10/c1-24-4-8-13(28)14(29)10(23)19(32-8)34-17-6(21)3-7(22)18(16(17)31)35-20-15(30)11(25-2)12(27)9(5-26)33-20/h6-20,24-31H,3-5,21-23H2,1-2H3/t6-,7+,8+,9+,10+,11-,12+,13+,14+,15+,16-,17+,18-,19+,20+/m0/s1. The molecule has 2 aliphatic heterocycles. The van der Waals surface area contributed by atoms with Gasteiger partial charge < -0.3 is 77.4 Å². The summed E-state index contributed by atoms with van der Waals surface area (Å²) in [6, 6.07) is -3.52. The molecular formula is C20H41N5O10. The molecule has 0 aromatic carbocycles. The predicted molar refractivity (Wildman–Crippen MR) is 120 cm³/mol. The van der Waals surface area contributed by atoms with E-state index in [1.165, 1.54) is 7.05 Å². The number of aliphatic hydroxyl groups is 6. The Bertz CT molecular complexity index is 670. The maximum absolute atomic E-state index is 11.1. The summed E-state index contributed by atoms with van der Waals surface area (Å²) in [5.74, 6) is 0. The molecule has 15 heteroatoms. The first-order valence-corrected chi connectivity index (χ1v) is 11.8. The van der Waals surface area contributed by atoms with Gasteiger partial charge in [-0.1, -0.05) is 0 Å². The van der Waals surface area contributed by atoms with Crippen molar-refractivity contribution in [2.75, 3.05) is 27.2 Å². The highest BCUT2D eigenvalue weighted by atomic mass is 16.7. The highest BCUT2D eigenvalue weighted by Gasteiger charge is 2.51. The van der Waals surface area contributed by atoms with Crippen LogP contribution in [0.1, 0.15) is 6.42 Å². The van der Waals surface area contributed by atoms with Crippen molar-refractivity contribution in [3.63, 3.8) is 0 Å². The van der Waals surface area contributed by atoms with Gasteiger partial charge in [-0.05, 0) is 20.5 Å². The molecule has 2 heterocycles. The Morgan fingerprint density at radius 1 is 0.771 bits per heavy atom. The Morgan fingerprint density at radius 3 is 1.89 bits per heavy atom. The van der Waals surface area contributed by atoms with Crippen molar-refractivity contribution in [3.8, 4) is 0 Å². The third-order valence-corrected chi connectivity index (χ3v) is 7.02. The van der Waals surface area contributed by atoms with E-state index in [-0.39, 0.29) is 13.0 Å². The van der Waals surface area contributed by atoms with E-state index in [4.69, 9.17) is 36.1 Å². The molecule has 15 atom stereocenters. The van der Waals surface area contributed by atoms with Crippen LogP contribution in [0.4, 0.5) is 0 Å². The minimum absolute atomic E-state index is 0.157. The molecule has 206 valence electrons. The van der Waals surface area contributed by atoms with Crippen LogP contribution in [0.15, 0.2) is 0 Å². The molecule has 15 nitrogen and oxygen atoms in total. The lowest BCUT2D eigenvalue weighted by Crippen LogP contribution is -2.69. The smallest absolute Gasteiger partial charge is 0.186 e. The van der Waals surface area contributed by atoms with Gasteiger partial charge in [0.1, 0.15) is 54.9 Å². The number of hydrogen-bond acceptors (Lipinski definition) is 15. The van der Waals surface area contributed by atoms with Gasteiger partial charge in [-0.3, -0.25) is 0 Å². The summed E-state index contributed by atoms with van der Waals surface area (Å²) in [5.41, 5.74) is 18.4. The molecule has 0 aromatic rings. The van der Waals surface area contributed by atoms with Crippen LogP contribution in [0, 0.1) is 0 Å². The average Bonchev–Trinajstić information content (AvgIpc) is 2.82. The molecule has 0 aromatic heterocycles. The number of nitrogens with one attached hydrogen (secondary N) is 2. The number of ether oxygens (including phenoxy) is 4. The molecule has 3 rings (SSSR count). The summed E-state index contributed by atoms with van der Waals surface area (Å²) in [6.07, 6.45) is -13.0. The summed E-state index contributed by atoms with van der Waals surface area (Å²) in [5, 5.41) is 67.7. The zero-order chi connectivity index (χ0) is 26.0. The maximum Gasteiger partial charge on any atom is 0.186 e. The van der Waals surface area contributed by atoms with Gasteiger partial charge >= 0.3 is 0 Å².